The van der Waals surface area contributed by atoms with E-state index >= 15 is 0 Å². The fraction of sp³-hybridized carbons (Fsp3) is 0.222. The van der Waals surface area contributed by atoms with E-state index in [1.807, 2.05) is 23.6 Å². The van der Waals surface area contributed by atoms with E-state index in [-0.39, 0.29) is 5.56 Å². The topological polar surface area (TPSA) is 37.6 Å². The van der Waals surface area contributed by atoms with Crippen molar-refractivity contribution in [3.05, 3.63) is 71.4 Å². The quantitative estimate of drug-likeness (QED) is 0.708. The van der Waals surface area contributed by atoms with Crippen molar-refractivity contribution in [2.75, 3.05) is 11.6 Å². The van der Waals surface area contributed by atoms with Crippen molar-refractivity contribution in [1.29, 1.82) is 0 Å². The predicted octanol–water partition coefficient (Wildman–Crippen LogP) is 2.47. The summed E-state index contributed by atoms with van der Waals surface area (Å²) in [6.07, 6.45) is 1.96. The van der Waals surface area contributed by atoms with Crippen LogP contribution in [0.25, 0.3) is 6.08 Å². The van der Waals surface area contributed by atoms with E-state index in [1.54, 1.807) is 15.9 Å². The van der Waals surface area contributed by atoms with E-state index in [0.29, 0.717) is 13.3 Å². The minimum Gasteiger partial charge on any atom is -0.334 e. The molecule has 3 heterocycles. The van der Waals surface area contributed by atoms with Crippen molar-refractivity contribution in [2.24, 2.45) is 4.99 Å². The van der Waals surface area contributed by atoms with Gasteiger partial charge < -0.3 is 4.90 Å². The summed E-state index contributed by atoms with van der Waals surface area (Å²) >= 11 is 3.11. The number of fused-ring (bicyclic) bond motifs is 1. The Morgan fingerprint density at radius 1 is 1.21 bits per heavy atom. The Bertz CT molecular complexity index is 1040. The van der Waals surface area contributed by atoms with Crippen LogP contribution in [0, 0.1) is 13.8 Å². The first-order chi connectivity index (χ1) is 11.6. The van der Waals surface area contributed by atoms with Gasteiger partial charge in [-0.25, -0.2) is 4.99 Å². The summed E-state index contributed by atoms with van der Waals surface area (Å²) in [6, 6.07) is 10.5. The van der Waals surface area contributed by atoms with E-state index in [0.717, 1.165) is 19.9 Å². The van der Waals surface area contributed by atoms with Crippen molar-refractivity contribution in [2.45, 2.75) is 20.5 Å². The van der Waals surface area contributed by atoms with Gasteiger partial charge in [0.25, 0.3) is 5.56 Å². The van der Waals surface area contributed by atoms with Crippen LogP contribution in [0.4, 0.5) is 5.69 Å². The van der Waals surface area contributed by atoms with Gasteiger partial charge in [-0.2, -0.15) is 0 Å². The largest absolute Gasteiger partial charge is 0.334 e. The molecule has 2 aromatic heterocycles. The number of aryl methyl sites for hydroxylation is 2. The van der Waals surface area contributed by atoms with Crippen LogP contribution in [0.5, 0.6) is 0 Å². The van der Waals surface area contributed by atoms with Gasteiger partial charge in [0.1, 0.15) is 13.3 Å². The highest BCUT2D eigenvalue weighted by Gasteiger charge is 2.16. The summed E-state index contributed by atoms with van der Waals surface area (Å²) in [5.74, 6) is 0. The van der Waals surface area contributed by atoms with Crippen molar-refractivity contribution >= 4 is 34.4 Å². The van der Waals surface area contributed by atoms with E-state index in [1.165, 1.54) is 22.5 Å². The number of thiophene rings is 1. The third-order valence-electron chi connectivity index (χ3n) is 3.97. The van der Waals surface area contributed by atoms with Crippen LogP contribution in [0.2, 0.25) is 0 Å². The molecular formula is C18H17N3OS2. The van der Waals surface area contributed by atoms with Crippen LogP contribution < -0.4 is 19.8 Å². The normalized spacial score (nSPS) is 14.6. The molecule has 122 valence electrons. The first-order valence-electron chi connectivity index (χ1n) is 7.73. The van der Waals surface area contributed by atoms with Gasteiger partial charge in [-0.1, -0.05) is 23.5 Å². The molecule has 4 nitrogen and oxygen atoms in total. The molecule has 0 atom stereocenters. The number of thiazole rings is 1. The van der Waals surface area contributed by atoms with E-state index in [4.69, 9.17) is 0 Å². The highest BCUT2D eigenvalue weighted by atomic mass is 32.1. The molecule has 1 aliphatic heterocycles. The summed E-state index contributed by atoms with van der Waals surface area (Å²) in [5, 5.41) is 2.02. The number of hydrogen-bond donors (Lipinski definition) is 0. The summed E-state index contributed by atoms with van der Waals surface area (Å²) < 4.78 is 2.52. The smallest absolute Gasteiger partial charge is 0.271 e. The van der Waals surface area contributed by atoms with Crippen molar-refractivity contribution < 1.29 is 0 Å². The number of nitrogens with zero attached hydrogens (tertiary/aromatic N) is 3. The summed E-state index contributed by atoms with van der Waals surface area (Å²) in [7, 11) is 0. The lowest BCUT2D eigenvalue weighted by Crippen LogP contribution is -2.42. The zero-order valence-corrected chi connectivity index (χ0v) is 15.2. The predicted molar refractivity (Wildman–Crippen MR) is 101 cm³/mol. The van der Waals surface area contributed by atoms with Crippen molar-refractivity contribution in [3.63, 3.8) is 0 Å². The molecule has 0 aliphatic carbocycles. The molecule has 1 aliphatic rings. The monoisotopic (exact) mass is 355 g/mol. The van der Waals surface area contributed by atoms with Gasteiger partial charge in [0.05, 0.1) is 4.53 Å². The zero-order chi connectivity index (χ0) is 16.7. The van der Waals surface area contributed by atoms with Crippen molar-refractivity contribution in [3.8, 4) is 0 Å². The average Bonchev–Trinajstić information content (AvgIpc) is 3.16. The Kier molecular flexibility index (Phi) is 3.86. The molecular weight excluding hydrogens is 338 g/mol. The highest BCUT2D eigenvalue weighted by molar-refractivity contribution is 7.11. The molecule has 4 rings (SSSR count). The molecule has 3 aromatic rings. The standard InChI is InChI=1S/C18H17N3OS2/c1-12-6-13(2)8-14(7-12)20-10-19-18-21(11-20)17(22)16(24-18)9-15-4-3-5-23-15/h3-9H,10-11H2,1-2H3/b16-9-. The third-order valence-corrected chi connectivity index (χ3v) is 5.83. The first-order valence-corrected chi connectivity index (χ1v) is 9.42. The summed E-state index contributed by atoms with van der Waals surface area (Å²) in [4.78, 5) is 21.4. The number of benzene rings is 1. The maximum Gasteiger partial charge on any atom is 0.271 e. The number of hydrogen-bond acceptors (Lipinski definition) is 5. The lowest BCUT2D eigenvalue weighted by Gasteiger charge is -2.26. The molecule has 0 amide bonds. The van der Waals surface area contributed by atoms with Gasteiger partial charge in [0, 0.05) is 10.6 Å². The zero-order valence-electron chi connectivity index (χ0n) is 13.5. The molecule has 0 spiro atoms. The van der Waals surface area contributed by atoms with Gasteiger partial charge in [-0.05, 0) is 54.6 Å². The molecule has 0 saturated heterocycles. The molecule has 0 unspecified atom stereocenters. The van der Waals surface area contributed by atoms with Gasteiger partial charge in [0.15, 0.2) is 4.80 Å². The van der Waals surface area contributed by atoms with Gasteiger partial charge in [-0.15, -0.1) is 11.3 Å². The van der Waals surface area contributed by atoms with Crippen LogP contribution in [0.1, 0.15) is 16.0 Å². The number of anilines is 1. The molecule has 0 bridgehead atoms. The summed E-state index contributed by atoms with van der Waals surface area (Å²) in [6.45, 7) is 5.32. The molecule has 0 N–H and O–H groups in total. The van der Waals surface area contributed by atoms with Crippen LogP contribution in [0.15, 0.2) is 45.5 Å². The Labute approximate surface area is 147 Å². The van der Waals surface area contributed by atoms with Gasteiger partial charge in [-0.3, -0.25) is 9.36 Å². The average molecular weight is 355 g/mol. The Morgan fingerprint density at radius 2 is 2.00 bits per heavy atom. The fourth-order valence-corrected chi connectivity index (χ4v) is 4.60. The Morgan fingerprint density at radius 3 is 2.71 bits per heavy atom. The van der Waals surface area contributed by atoms with E-state index in [9.17, 15) is 4.79 Å². The van der Waals surface area contributed by atoms with Gasteiger partial charge in [0.2, 0.25) is 0 Å². The Balaban J connectivity index is 1.74. The van der Waals surface area contributed by atoms with E-state index in [2.05, 4.69) is 41.9 Å². The molecule has 6 heteroatoms. The van der Waals surface area contributed by atoms with Crippen LogP contribution in [-0.4, -0.2) is 11.2 Å². The number of aromatic nitrogens is 1. The van der Waals surface area contributed by atoms with E-state index < -0.39 is 0 Å². The molecule has 0 radical (unpaired) electrons. The fourth-order valence-electron chi connectivity index (χ4n) is 2.91. The second kappa shape index (κ2) is 6.03. The van der Waals surface area contributed by atoms with Gasteiger partial charge >= 0.3 is 0 Å². The second-order valence-corrected chi connectivity index (χ2v) is 7.96. The van der Waals surface area contributed by atoms with Crippen LogP contribution in [0.3, 0.4) is 0 Å². The molecule has 0 fully saturated rings. The molecule has 0 saturated carbocycles. The highest BCUT2D eigenvalue weighted by Crippen LogP contribution is 2.19. The summed E-state index contributed by atoms with van der Waals surface area (Å²) in [5.41, 5.74) is 3.60. The van der Waals surface area contributed by atoms with Crippen molar-refractivity contribution in [1.82, 2.24) is 4.57 Å². The minimum absolute atomic E-state index is 0.0428. The van der Waals surface area contributed by atoms with Crippen LogP contribution in [-0.2, 0) is 6.67 Å². The third kappa shape index (κ3) is 2.83. The maximum absolute atomic E-state index is 12.7. The molecule has 1 aromatic carbocycles. The van der Waals surface area contributed by atoms with Crippen LogP contribution >= 0.6 is 22.7 Å². The Hall–Kier alpha value is -2.18. The maximum atomic E-state index is 12.7. The second-order valence-electron chi connectivity index (χ2n) is 5.97. The first kappa shape index (κ1) is 15.4. The SMILES string of the molecule is Cc1cc(C)cc(N2CN=c3s/c(=C\c4cccs4)c(=O)n3C2)c1. The minimum atomic E-state index is 0.0428. The lowest BCUT2D eigenvalue weighted by molar-refractivity contribution is 0.569. The lowest BCUT2D eigenvalue weighted by atomic mass is 10.1. The number of rotatable bonds is 2. The molecule has 24 heavy (non-hydrogen) atoms.